The summed E-state index contributed by atoms with van der Waals surface area (Å²) in [6, 6.07) is 24.5. The lowest BCUT2D eigenvalue weighted by atomic mass is 10.1. The Morgan fingerprint density at radius 3 is 2.23 bits per heavy atom. The Morgan fingerprint density at radius 1 is 0.867 bits per heavy atom. The Labute approximate surface area is 183 Å². The summed E-state index contributed by atoms with van der Waals surface area (Å²) in [7, 11) is 0. The summed E-state index contributed by atoms with van der Waals surface area (Å²) < 4.78 is 7.29. The quantitative estimate of drug-likeness (QED) is 0.393. The van der Waals surface area contributed by atoms with E-state index in [0.717, 1.165) is 11.1 Å². The summed E-state index contributed by atoms with van der Waals surface area (Å²) in [5.41, 5.74) is 2.84. The van der Waals surface area contributed by atoms with Gasteiger partial charge in [-0.15, -0.1) is 0 Å². The number of hydrogen-bond donors (Lipinski definition) is 1. The third-order valence-corrected chi connectivity index (χ3v) is 5.03. The van der Waals surface area contributed by atoms with Crippen LogP contribution in [0.1, 0.15) is 10.5 Å². The molecule has 0 saturated heterocycles. The second kappa shape index (κ2) is 9.03. The monoisotopic (exact) mass is 437 g/mol. The number of anilines is 1. The van der Waals surface area contributed by atoms with Crippen LogP contribution in [-0.4, -0.2) is 15.7 Å². The molecule has 7 heteroatoms. The van der Waals surface area contributed by atoms with Gasteiger partial charge in [-0.2, -0.15) is 5.10 Å². The number of para-hydroxylation sites is 1. The van der Waals surface area contributed by atoms with Crippen LogP contribution in [-0.2, 0) is 6.73 Å². The number of benzene rings is 3. The van der Waals surface area contributed by atoms with E-state index < -0.39 is 5.91 Å². The Kier molecular flexibility index (Phi) is 6.02. The zero-order chi connectivity index (χ0) is 20.9. The molecule has 0 bridgehead atoms. The van der Waals surface area contributed by atoms with Crippen LogP contribution >= 0.6 is 23.2 Å². The van der Waals surface area contributed by atoms with Gasteiger partial charge < -0.3 is 10.1 Å². The van der Waals surface area contributed by atoms with Crippen LogP contribution in [0.25, 0.3) is 11.1 Å². The minimum atomic E-state index is -0.407. The van der Waals surface area contributed by atoms with Crippen molar-refractivity contribution in [1.29, 1.82) is 0 Å². The van der Waals surface area contributed by atoms with Gasteiger partial charge in [0, 0.05) is 6.20 Å². The maximum absolute atomic E-state index is 12.4. The van der Waals surface area contributed by atoms with Crippen molar-refractivity contribution >= 4 is 34.8 Å². The molecule has 0 atom stereocenters. The summed E-state index contributed by atoms with van der Waals surface area (Å²) in [4.78, 5) is 12.4. The maximum Gasteiger partial charge on any atom is 0.276 e. The molecule has 0 unspecified atom stereocenters. The molecule has 30 heavy (non-hydrogen) atoms. The van der Waals surface area contributed by atoms with Crippen molar-refractivity contribution in [2.24, 2.45) is 0 Å². The standard InChI is InChI=1S/C23H17Cl2N3O2/c24-19-7-4-8-20(25)22(19)26-23(29)21-13-14-28(27-21)15-30-18-11-9-17(10-12-18)16-5-2-1-3-6-16/h1-14H,15H2,(H,26,29). The van der Waals surface area contributed by atoms with E-state index in [-0.39, 0.29) is 12.4 Å². The average molecular weight is 438 g/mol. The maximum atomic E-state index is 12.4. The molecule has 1 amide bonds. The SMILES string of the molecule is O=C(Nc1c(Cl)cccc1Cl)c1ccn(COc2ccc(-c3ccccc3)cc2)n1. The highest BCUT2D eigenvalue weighted by atomic mass is 35.5. The van der Waals surface area contributed by atoms with Gasteiger partial charge in [0.05, 0.1) is 15.7 Å². The summed E-state index contributed by atoms with van der Waals surface area (Å²) in [5, 5.41) is 7.64. The van der Waals surface area contributed by atoms with E-state index in [0.29, 0.717) is 21.5 Å². The van der Waals surface area contributed by atoms with E-state index in [4.69, 9.17) is 27.9 Å². The van der Waals surface area contributed by atoms with Crippen molar-refractivity contribution in [2.75, 3.05) is 5.32 Å². The first kappa shape index (κ1) is 20.0. The first-order chi connectivity index (χ1) is 14.6. The fourth-order valence-corrected chi connectivity index (χ4v) is 3.36. The lowest BCUT2D eigenvalue weighted by Crippen LogP contribution is -2.14. The minimum Gasteiger partial charge on any atom is -0.471 e. The third kappa shape index (κ3) is 4.64. The molecule has 0 aliphatic heterocycles. The van der Waals surface area contributed by atoms with Crippen molar-refractivity contribution in [1.82, 2.24) is 9.78 Å². The Balaban J connectivity index is 1.37. The van der Waals surface area contributed by atoms with Gasteiger partial charge in [-0.1, -0.05) is 71.7 Å². The van der Waals surface area contributed by atoms with Crippen molar-refractivity contribution in [3.63, 3.8) is 0 Å². The highest BCUT2D eigenvalue weighted by molar-refractivity contribution is 6.39. The third-order valence-electron chi connectivity index (χ3n) is 4.40. The van der Waals surface area contributed by atoms with Crippen LogP contribution < -0.4 is 10.1 Å². The first-order valence-corrected chi connectivity index (χ1v) is 9.93. The fraction of sp³-hybridized carbons (Fsp3) is 0.0435. The van der Waals surface area contributed by atoms with Gasteiger partial charge in [0.1, 0.15) is 5.75 Å². The number of halogens is 2. The number of amides is 1. The molecule has 0 aliphatic rings. The fourth-order valence-electron chi connectivity index (χ4n) is 2.86. The molecule has 1 N–H and O–H groups in total. The molecule has 4 rings (SSSR count). The van der Waals surface area contributed by atoms with Crippen molar-refractivity contribution in [3.8, 4) is 16.9 Å². The molecule has 0 fully saturated rings. The average Bonchev–Trinajstić information content (AvgIpc) is 3.25. The van der Waals surface area contributed by atoms with E-state index in [1.54, 1.807) is 30.5 Å². The Hall–Kier alpha value is -3.28. The van der Waals surface area contributed by atoms with E-state index in [9.17, 15) is 4.79 Å². The van der Waals surface area contributed by atoms with Crippen LogP contribution in [0.5, 0.6) is 5.75 Å². The highest BCUT2D eigenvalue weighted by Crippen LogP contribution is 2.30. The Morgan fingerprint density at radius 2 is 1.53 bits per heavy atom. The van der Waals surface area contributed by atoms with E-state index in [1.165, 1.54) is 4.68 Å². The van der Waals surface area contributed by atoms with E-state index >= 15 is 0 Å². The van der Waals surface area contributed by atoms with Gasteiger partial charge in [-0.25, -0.2) is 4.68 Å². The minimum absolute atomic E-state index is 0.171. The van der Waals surface area contributed by atoms with Gasteiger partial charge in [0.25, 0.3) is 5.91 Å². The molecule has 0 saturated carbocycles. The lowest BCUT2D eigenvalue weighted by molar-refractivity contribution is 0.102. The number of ether oxygens (including phenoxy) is 1. The van der Waals surface area contributed by atoms with Crippen molar-refractivity contribution < 1.29 is 9.53 Å². The zero-order valence-corrected chi connectivity index (χ0v) is 17.3. The van der Waals surface area contributed by atoms with Gasteiger partial charge in [0.2, 0.25) is 0 Å². The lowest BCUT2D eigenvalue weighted by Gasteiger charge is -2.08. The van der Waals surface area contributed by atoms with Crippen LogP contribution in [0.4, 0.5) is 5.69 Å². The molecule has 0 spiro atoms. The number of carbonyl (C=O) groups is 1. The number of rotatable bonds is 6. The second-order valence-electron chi connectivity index (χ2n) is 6.46. The second-order valence-corrected chi connectivity index (χ2v) is 7.27. The van der Waals surface area contributed by atoms with Crippen molar-refractivity contribution in [3.05, 3.63) is 101 Å². The first-order valence-electron chi connectivity index (χ1n) is 9.17. The normalized spacial score (nSPS) is 10.6. The number of nitrogens with one attached hydrogen (secondary N) is 1. The van der Waals surface area contributed by atoms with Crippen LogP contribution in [0.15, 0.2) is 85.1 Å². The number of hydrogen-bond acceptors (Lipinski definition) is 3. The highest BCUT2D eigenvalue weighted by Gasteiger charge is 2.14. The topological polar surface area (TPSA) is 56.2 Å². The molecular formula is C23H17Cl2N3O2. The van der Waals surface area contributed by atoms with Gasteiger partial charge >= 0.3 is 0 Å². The van der Waals surface area contributed by atoms with Crippen LogP contribution in [0.3, 0.4) is 0 Å². The molecule has 5 nitrogen and oxygen atoms in total. The smallest absolute Gasteiger partial charge is 0.276 e. The van der Waals surface area contributed by atoms with E-state index in [1.807, 2.05) is 42.5 Å². The molecule has 0 radical (unpaired) electrons. The number of nitrogens with zero attached hydrogens (tertiary/aromatic N) is 2. The molecular weight excluding hydrogens is 421 g/mol. The van der Waals surface area contributed by atoms with Crippen LogP contribution in [0.2, 0.25) is 10.0 Å². The number of carbonyl (C=O) groups excluding carboxylic acids is 1. The zero-order valence-electron chi connectivity index (χ0n) is 15.8. The largest absolute Gasteiger partial charge is 0.471 e. The predicted molar refractivity (Wildman–Crippen MR) is 119 cm³/mol. The summed E-state index contributed by atoms with van der Waals surface area (Å²) in [6.07, 6.45) is 1.67. The molecule has 1 aromatic heterocycles. The summed E-state index contributed by atoms with van der Waals surface area (Å²) in [5.74, 6) is 0.301. The molecule has 150 valence electrons. The predicted octanol–water partition coefficient (Wildman–Crippen LogP) is 6.15. The van der Waals surface area contributed by atoms with E-state index in [2.05, 4.69) is 22.5 Å². The molecule has 4 aromatic rings. The van der Waals surface area contributed by atoms with Crippen LogP contribution in [0, 0.1) is 0 Å². The Bertz CT molecular complexity index is 1140. The number of aromatic nitrogens is 2. The van der Waals surface area contributed by atoms with Gasteiger partial charge in [-0.05, 0) is 41.5 Å². The van der Waals surface area contributed by atoms with Gasteiger partial charge in [-0.3, -0.25) is 4.79 Å². The molecule has 1 heterocycles. The summed E-state index contributed by atoms with van der Waals surface area (Å²) in [6.45, 7) is 0.171. The molecule has 3 aromatic carbocycles. The van der Waals surface area contributed by atoms with Gasteiger partial charge in [0.15, 0.2) is 12.4 Å². The molecule has 0 aliphatic carbocycles. The van der Waals surface area contributed by atoms with Crippen molar-refractivity contribution in [2.45, 2.75) is 6.73 Å². The summed E-state index contributed by atoms with van der Waals surface area (Å²) >= 11 is 12.2.